The zero-order chi connectivity index (χ0) is 10.9. The van der Waals surface area contributed by atoms with Crippen molar-refractivity contribution in [2.45, 2.75) is 44.6 Å². The smallest absolute Gasteiger partial charge is 0.220 e. The van der Waals surface area contributed by atoms with Crippen molar-refractivity contribution in [3.05, 3.63) is 0 Å². The van der Waals surface area contributed by atoms with E-state index in [2.05, 4.69) is 5.32 Å². The van der Waals surface area contributed by atoms with Gasteiger partial charge in [-0.25, -0.2) is 0 Å². The van der Waals surface area contributed by atoms with Crippen LogP contribution in [-0.4, -0.2) is 31.7 Å². The zero-order valence-electron chi connectivity index (χ0n) is 9.74. The predicted molar refractivity (Wildman–Crippen MR) is 66.8 cm³/mol. The van der Waals surface area contributed by atoms with Crippen molar-refractivity contribution in [1.82, 2.24) is 5.32 Å². The number of carbonyl (C=O) groups excluding carboxylic acids is 1. The minimum Gasteiger partial charge on any atom is -0.376 e. The fourth-order valence-corrected chi connectivity index (χ4v) is 1.82. The molecule has 0 aromatic carbocycles. The van der Waals surface area contributed by atoms with E-state index in [0.717, 1.165) is 6.42 Å². The molecule has 1 amide bonds. The molecule has 1 aliphatic carbocycles. The van der Waals surface area contributed by atoms with Gasteiger partial charge in [0.1, 0.15) is 0 Å². The summed E-state index contributed by atoms with van der Waals surface area (Å²) in [5.74, 6) is 0.0791. The number of nitrogens with two attached hydrogens (primary N) is 1. The van der Waals surface area contributed by atoms with Gasteiger partial charge in [-0.2, -0.15) is 0 Å². The van der Waals surface area contributed by atoms with Crippen LogP contribution in [0.3, 0.4) is 0 Å². The van der Waals surface area contributed by atoms with Crippen molar-refractivity contribution in [3.8, 4) is 0 Å². The van der Waals surface area contributed by atoms with Gasteiger partial charge in [0.25, 0.3) is 0 Å². The van der Waals surface area contributed by atoms with Crippen LogP contribution < -0.4 is 11.1 Å². The SMILES string of the molecule is Cl.NCCCC(=O)NCCOC1CCCC1. The Balaban J connectivity index is 0.00000225. The van der Waals surface area contributed by atoms with Crippen molar-refractivity contribution in [3.63, 3.8) is 0 Å². The highest BCUT2D eigenvalue weighted by Crippen LogP contribution is 2.20. The average Bonchev–Trinajstić information content (AvgIpc) is 2.74. The van der Waals surface area contributed by atoms with Gasteiger partial charge in [0.15, 0.2) is 0 Å². The first kappa shape index (κ1) is 15.7. The maximum Gasteiger partial charge on any atom is 0.220 e. The molecule has 0 atom stereocenters. The van der Waals surface area contributed by atoms with E-state index in [1.165, 1.54) is 25.7 Å². The number of halogens is 1. The molecule has 1 aliphatic rings. The Labute approximate surface area is 104 Å². The lowest BCUT2D eigenvalue weighted by atomic mass is 10.3. The standard InChI is InChI=1S/C11H22N2O2.ClH/c12-7-3-6-11(14)13-8-9-15-10-4-1-2-5-10;/h10H,1-9,12H2,(H,13,14);1H. The van der Waals surface area contributed by atoms with Gasteiger partial charge in [-0.05, 0) is 25.8 Å². The van der Waals surface area contributed by atoms with Gasteiger partial charge in [0.2, 0.25) is 5.91 Å². The molecule has 0 spiro atoms. The number of hydrogen-bond donors (Lipinski definition) is 2. The molecule has 0 aliphatic heterocycles. The van der Waals surface area contributed by atoms with Crippen LogP contribution in [0.4, 0.5) is 0 Å². The Morgan fingerprint density at radius 3 is 2.69 bits per heavy atom. The van der Waals surface area contributed by atoms with Crippen LogP contribution in [0.5, 0.6) is 0 Å². The molecule has 0 heterocycles. The summed E-state index contributed by atoms with van der Waals surface area (Å²) in [5.41, 5.74) is 5.31. The highest BCUT2D eigenvalue weighted by Gasteiger charge is 2.14. The molecule has 1 saturated carbocycles. The first-order valence-electron chi connectivity index (χ1n) is 5.91. The average molecular weight is 251 g/mol. The van der Waals surface area contributed by atoms with E-state index in [9.17, 15) is 4.79 Å². The Bertz CT molecular complexity index is 185. The zero-order valence-corrected chi connectivity index (χ0v) is 10.6. The van der Waals surface area contributed by atoms with Gasteiger partial charge in [-0.3, -0.25) is 4.79 Å². The molecule has 0 radical (unpaired) electrons. The number of hydrogen-bond acceptors (Lipinski definition) is 3. The Morgan fingerprint density at radius 2 is 2.06 bits per heavy atom. The van der Waals surface area contributed by atoms with E-state index >= 15 is 0 Å². The minimum atomic E-state index is 0. The summed E-state index contributed by atoms with van der Waals surface area (Å²) in [7, 11) is 0. The molecule has 1 fully saturated rings. The van der Waals surface area contributed by atoms with Gasteiger partial charge < -0.3 is 15.8 Å². The third-order valence-corrected chi connectivity index (χ3v) is 2.69. The second kappa shape index (κ2) is 9.87. The van der Waals surface area contributed by atoms with E-state index in [4.69, 9.17) is 10.5 Å². The third-order valence-electron chi connectivity index (χ3n) is 2.69. The van der Waals surface area contributed by atoms with Crippen LogP contribution >= 0.6 is 12.4 Å². The Hall–Kier alpha value is -0.320. The van der Waals surface area contributed by atoms with Crippen LogP contribution in [0.2, 0.25) is 0 Å². The maximum absolute atomic E-state index is 11.2. The van der Waals surface area contributed by atoms with Gasteiger partial charge in [0, 0.05) is 13.0 Å². The van der Waals surface area contributed by atoms with E-state index < -0.39 is 0 Å². The van der Waals surface area contributed by atoms with Crippen molar-refractivity contribution in [2.24, 2.45) is 5.73 Å². The highest BCUT2D eigenvalue weighted by molar-refractivity contribution is 5.85. The summed E-state index contributed by atoms with van der Waals surface area (Å²) in [6.07, 6.45) is 6.66. The number of nitrogens with one attached hydrogen (secondary N) is 1. The molecular weight excluding hydrogens is 228 g/mol. The Morgan fingerprint density at radius 1 is 1.38 bits per heavy atom. The topological polar surface area (TPSA) is 64.4 Å². The number of amides is 1. The molecule has 0 aromatic rings. The van der Waals surface area contributed by atoms with Crippen LogP contribution in [0.15, 0.2) is 0 Å². The van der Waals surface area contributed by atoms with E-state index in [-0.39, 0.29) is 18.3 Å². The summed E-state index contributed by atoms with van der Waals surface area (Å²) < 4.78 is 5.62. The molecule has 5 heteroatoms. The van der Waals surface area contributed by atoms with Gasteiger partial charge in [-0.15, -0.1) is 12.4 Å². The van der Waals surface area contributed by atoms with Gasteiger partial charge >= 0.3 is 0 Å². The lowest BCUT2D eigenvalue weighted by molar-refractivity contribution is -0.121. The molecule has 0 aromatic heterocycles. The quantitative estimate of drug-likeness (QED) is 0.668. The summed E-state index contributed by atoms with van der Waals surface area (Å²) in [6.45, 7) is 1.84. The molecule has 0 bridgehead atoms. The second-order valence-electron chi connectivity index (χ2n) is 4.02. The van der Waals surface area contributed by atoms with Gasteiger partial charge in [-0.1, -0.05) is 12.8 Å². The number of carbonyl (C=O) groups is 1. The van der Waals surface area contributed by atoms with Crippen LogP contribution in [0.1, 0.15) is 38.5 Å². The van der Waals surface area contributed by atoms with Gasteiger partial charge in [0.05, 0.1) is 12.7 Å². The molecule has 1 rings (SSSR count). The van der Waals surface area contributed by atoms with Crippen molar-refractivity contribution < 1.29 is 9.53 Å². The third kappa shape index (κ3) is 7.04. The van der Waals surface area contributed by atoms with E-state index in [1.807, 2.05) is 0 Å². The summed E-state index contributed by atoms with van der Waals surface area (Å²) in [4.78, 5) is 11.2. The van der Waals surface area contributed by atoms with Crippen molar-refractivity contribution in [2.75, 3.05) is 19.7 Å². The fourth-order valence-electron chi connectivity index (χ4n) is 1.82. The lowest BCUT2D eigenvalue weighted by Gasteiger charge is -2.11. The molecule has 16 heavy (non-hydrogen) atoms. The monoisotopic (exact) mass is 250 g/mol. The fraction of sp³-hybridized carbons (Fsp3) is 0.909. The summed E-state index contributed by atoms with van der Waals surface area (Å²) >= 11 is 0. The van der Waals surface area contributed by atoms with Crippen molar-refractivity contribution >= 4 is 18.3 Å². The molecule has 0 saturated heterocycles. The molecular formula is C11H23ClN2O2. The number of ether oxygens (including phenoxy) is 1. The van der Waals surface area contributed by atoms with Crippen LogP contribution in [0.25, 0.3) is 0 Å². The van der Waals surface area contributed by atoms with Crippen LogP contribution in [-0.2, 0) is 9.53 Å². The highest BCUT2D eigenvalue weighted by atomic mass is 35.5. The normalized spacial score (nSPS) is 15.8. The largest absolute Gasteiger partial charge is 0.376 e. The molecule has 96 valence electrons. The summed E-state index contributed by atoms with van der Waals surface area (Å²) in [6, 6.07) is 0. The Kier molecular flexibility index (Phi) is 9.68. The number of rotatable bonds is 7. The maximum atomic E-state index is 11.2. The molecule has 4 nitrogen and oxygen atoms in total. The molecule has 3 N–H and O–H groups in total. The second-order valence-corrected chi connectivity index (χ2v) is 4.02. The van der Waals surface area contributed by atoms with E-state index in [1.54, 1.807) is 0 Å². The minimum absolute atomic E-state index is 0. The molecule has 0 unspecified atom stereocenters. The van der Waals surface area contributed by atoms with E-state index in [0.29, 0.717) is 32.2 Å². The first-order chi connectivity index (χ1) is 7.33. The first-order valence-corrected chi connectivity index (χ1v) is 5.91. The lowest BCUT2D eigenvalue weighted by Crippen LogP contribution is -2.28. The summed E-state index contributed by atoms with van der Waals surface area (Å²) in [5, 5.41) is 2.82. The predicted octanol–water partition coefficient (Wildman–Crippen LogP) is 1.22. The van der Waals surface area contributed by atoms with Crippen molar-refractivity contribution in [1.29, 1.82) is 0 Å². The van der Waals surface area contributed by atoms with Crippen LogP contribution in [0, 0.1) is 0 Å².